The van der Waals surface area contributed by atoms with E-state index in [1.807, 2.05) is 0 Å². The van der Waals surface area contributed by atoms with Crippen molar-refractivity contribution in [2.75, 3.05) is 18.5 Å². The molecule has 21 heavy (non-hydrogen) atoms. The molecule has 8 heteroatoms. The zero-order chi connectivity index (χ0) is 15.4. The molecule has 0 bridgehead atoms. The van der Waals surface area contributed by atoms with Gasteiger partial charge in [-0.2, -0.15) is 0 Å². The Balaban J connectivity index is 2.09. The van der Waals surface area contributed by atoms with Gasteiger partial charge >= 0.3 is 0 Å². The van der Waals surface area contributed by atoms with E-state index in [1.165, 1.54) is 6.07 Å². The lowest BCUT2D eigenvalue weighted by molar-refractivity contribution is -0.384. The molecule has 0 radical (unpaired) electrons. The van der Waals surface area contributed by atoms with Crippen molar-refractivity contribution in [3.8, 4) is 0 Å². The van der Waals surface area contributed by atoms with Gasteiger partial charge in [-0.15, -0.1) is 0 Å². The monoisotopic (exact) mass is 293 g/mol. The first-order valence-corrected chi connectivity index (χ1v) is 6.77. The Morgan fingerprint density at radius 3 is 2.90 bits per heavy atom. The molecular formula is C13H19N5O3. The third-order valence-corrected chi connectivity index (χ3v) is 3.73. The number of carbonyl (C=O) groups excluding carboxylic acids is 1. The van der Waals surface area contributed by atoms with Gasteiger partial charge in [0.05, 0.1) is 10.8 Å². The maximum absolute atomic E-state index is 11.3. The van der Waals surface area contributed by atoms with Crippen molar-refractivity contribution in [3.05, 3.63) is 33.9 Å². The number of benzene rings is 1. The molecule has 1 aromatic rings. The first-order valence-electron chi connectivity index (χ1n) is 6.77. The molecule has 2 rings (SSSR count). The number of anilines is 1. The summed E-state index contributed by atoms with van der Waals surface area (Å²) in [6, 6.07) is 4.79. The topological polar surface area (TPSA) is 128 Å². The van der Waals surface area contributed by atoms with Crippen LogP contribution in [0.1, 0.15) is 18.4 Å². The van der Waals surface area contributed by atoms with E-state index in [-0.39, 0.29) is 23.2 Å². The first-order chi connectivity index (χ1) is 10.0. The fourth-order valence-electron chi connectivity index (χ4n) is 2.65. The summed E-state index contributed by atoms with van der Waals surface area (Å²) in [4.78, 5) is 23.8. The standard InChI is InChI=1S/C13H19N5O3/c14-13(19)10-2-1-5-17(8-10)7-9-3-4-12(18(20)21)11(6-9)16-15/h3-4,6,10,16H,1-2,5,7-8,15H2,(H2,14,19). The highest BCUT2D eigenvalue weighted by Gasteiger charge is 2.24. The van der Waals surface area contributed by atoms with Gasteiger partial charge in [0.1, 0.15) is 5.69 Å². The average molecular weight is 293 g/mol. The first kappa shape index (κ1) is 15.2. The van der Waals surface area contributed by atoms with Crippen LogP contribution in [0.3, 0.4) is 0 Å². The van der Waals surface area contributed by atoms with E-state index in [0.29, 0.717) is 13.1 Å². The third-order valence-electron chi connectivity index (χ3n) is 3.73. The lowest BCUT2D eigenvalue weighted by Gasteiger charge is -2.31. The van der Waals surface area contributed by atoms with E-state index in [2.05, 4.69) is 10.3 Å². The maximum atomic E-state index is 11.3. The van der Waals surface area contributed by atoms with Crippen LogP contribution in [0.2, 0.25) is 0 Å². The van der Waals surface area contributed by atoms with Gasteiger partial charge in [-0.1, -0.05) is 6.07 Å². The summed E-state index contributed by atoms with van der Waals surface area (Å²) in [6.07, 6.45) is 1.74. The van der Waals surface area contributed by atoms with Crippen LogP contribution in [0.15, 0.2) is 18.2 Å². The highest BCUT2D eigenvalue weighted by Crippen LogP contribution is 2.26. The van der Waals surface area contributed by atoms with Crippen molar-refractivity contribution < 1.29 is 9.72 Å². The van der Waals surface area contributed by atoms with Crippen LogP contribution in [-0.4, -0.2) is 28.8 Å². The largest absolute Gasteiger partial charge is 0.369 e. The zero-order valence-corrected chi connectivity index (χ0v) is 11.6. The average Bonchev–Trinajstić information content (AvgIpc) is 2.47. The van der Waals surface area contributed by atoms with E-state index in [0.717, 1.165) is 24.9 Å². The number of hydrogen-bond acceptors (Lipinski definition) is 6. The Kier molecular flexibility index (Phi) is 4.71. The number of nitro benzene ring substituents is 1. The lowest BCUT2D eigenvalue weighted by Crippen LogP contribution is -2.40. The minimum Gasteiger partial charge on any atom is -0.369 e. The van der Waals surface area contributed by atoms with Crippen molar-refractivity contribution >= 4 is 17.3 Å². The molecular weight excluding hydrogens is 274 g/mol. The quantitative estimate of drug-likeness (QED) is 0.414. The number of nitrogens with one attached hydrogen (secondary N) is 1. The molecule has 1 saturated heterocycles. The normalized spacial score (nSPS) is 19.2. The van der Waals surface area contributed by atoms with Gasteiger partial charge in [0, 0.05) is 19.2 Å². The predicted octanol–water partition coefficient (Wildman–Crippen LogP) is 0.578. The summed E-state index contributed by atoms with van der Waals surface area (Å²) in [5.74, 6) is 4.93. The number of nitrogens with zero attached hydrogens (tertiary/aromatic N) is 2. The van der Waals surface area contributed by atoms with Crippen molar-refractivity contribution in [2.45, 2.75) is 19.4 Å². The van der Waals surface area contributed by atoms with Crippen LogP contribution in [0.25, 0.3) is 0 Å². The second-order valence-corrected chi connectivity index (χ2v) is 5.23. The third kappa shape index (κ3) is 3.67. The summed E-state index contributed by atoms with van der Waals surface area (Å²) in [7, 11) is 0. The van der Waals surface area contributed by atoms with Crippen molar-refractivity contribution in [2.24, 2.45) is 17.5 Å². The Labute approximate surface area is 122 Å². The van der Waals surface area contributed by atoms with Crippen LogP contribution in [0, 0.1) is 16.0 Å². The number of piperidine rings is 1. The van der Waals surface area contributed by atoms with Crippen LogP contribution in [-0.2, 0) is 11.3 Å². The molecule has 0 spiro atoms. The summed E-state index contributed by atoms with van der Waals surface area (Å²) in [5, 5.41) is 10.8. The highest BCUT2D eigenvalue weighted by atomic mass is 16.6. The molecule has 114 valence electrons. The molecule has 1 heterocycles. The molecule has 5 N–H and O–H groups in total. The zero-order valence-electron chi connectivity index (χ0n) is 11.6. The number of amides is 1. The molecule has 1 aliphatic rings. The lowest BCUT2D eigenvalue weighted by atomic mass is 9.97. The van der Waals surface area contributed by atoms with Crippen molar-refractivity contribution in [1.29, 1.82) is 0 Å². The summed E-state index contributed by atoms with van der Waals surface area (Å²) < 4.78 is 0. The number of nitro groups is 1. The van der Waals surface area contributed by atoms with Crippen LogP contribution in [0.4, 0.5) is 11.4 Å². The number of likely N-dealkylation sites (tertiary alicyclic amines) is 1. The van der Waals surface area contributed by atoms with E-state index in [9.17, 15) is 14.9 Å². The van der Waals surface area contributed by atoms with Crippen LogP contribution < -0.4 is 17.0 Å². The predicted molar refractivity (Wildman–Crippen MR) is 78.1 cm³/mol. The van der Waals surface area contributed by atoms with Gasteiger partial charge in [0.2, 0.25) is 5.91 Å². The number of nitrogen functional groups attached to an aromatic ring is 1. The fourth-order valence-corrected chi connectivity index (χ4v) is 2.65. The number of nitrogens with two attached hydrogens (primary N) is 2. The van der Waals surface area contributed by atoms with Crippen LogP contribution in [0.5, 0.6) is 0 Å². The Bertz CT molecular complexity index is 549. The molecule has 1 aromatic carbocycles. The molecule has 1 unspecified atom stereocenters. The highest BCUT2D eigenvalue weighted by molar-refractivity contribution is 5.76. The van der Waals surface area contributed by atoms with Gasteiger partial charge in [-0.25, -0.2) is 0 Å². The van der Waals surface area contributed by atoms with E-state index >= 15 is 0 Å². The second kappa shape index (κ2) is 6.51. The molecule has 1 atom stereocenters. The van der Waals surface area contributed by atoms with Gasteiger partial charge < -0.3 is 11.2 Å². The second-order valence-electron chi connectivity index (χ2n) is 5.23. The Morgan fingerprint density at radius 1 is 1.52 bits per heavy atom. The van der Waals surface area contributed by atoms with Gasteiger partial charge in [0.25, 0.3) is 5.69 Å². The van der Waals surface area contributed by atoms with Crippen LogP contribution >= 0.6 is 0 Å². The van der Waals surface area contributed by atoms with Gasteiger partial charge in [-0.3, -0.25) is 25.7 Å². The number of rotatable bonds is 5. The SMILES string of the molecule is NNc1cc(CN2CCCC(C(N)=O)C2)ccc1[N+](=O)[O-]. The van der Waals surface area contributed by atoms with E-state index < -0.39 is 4.92 Å². The fraction of sp³-hybridized carbons (Fsp3) is 0.462. The minimum absolute atomic E-state index is 0.0603. The molecule has 0 saturated carbocycles. The number of hydrogen-bond donors (Lipinski definition) is 3. The van der Waals surface area contributed by atoms with Crippen molar-refractivity contribution in [1.82, 2.24) is 4.90 Å². The molecule has 0 aliphatic carbocycles. The van der Waals surface area contributed by atoms with E-state index in [4.69, 9.17) is 11.6 Å². The minimum atomic E-state index is -0.483. The summed E-state index contributed by atoms with van der Waals surface area (Å²) >= 11 is 0. The summed E-state index contributed by atoms with van der Waals surface area (Å²) in [6.45, 7) is 2.11. The van der Waals surface area contributed by atoms with E-state index in [1.54, 1.807) is 12.1 Å². The van der Waals surface area contributed by atoms with Gasteiger partial charge in [0.15, 0.2) is 0 Å². The number of hydrazine groups is 1. The maximum Gasteiger partial charge on any atom is 0.293 e. The molecule has 1 amide bonds. The Morgan fingerprint density at radius 2 is 2.29 bits per heavy atom. The van der Waals surface area contributed by atoms with Gasteiger partial charge in [-0.05, 0) is 31.0 Å². The summed E-state index contributed by atoms with van der Waals surface area (Å²) in [5.41, 5.74) is 8.82. The molecule has 0 aromatic heterocycles. The smallest absolute Gasteiger partial charge is 0.293 e. The van der Waals surface area contributed by atoms with Crippen molar-refractivity contribution in [3.63, 3.8) is 0 Å². The number of carbonyl (C=O) groups is 1. The molecule has 1 aliphatic heterocycles. The molecule has 1 fully saturated rings. The Hall–Kier alpha value is -2.19. The number of primary amides is 1. The molecule has 8 nitrogen and oxygen atoms in total.